The van der Waals surface area contributed by atoms with Crippen molar-refractivity contribution in [1.82, 2.24) is 15.5 Å². The number of rotatable bonds is 1. The lowest BCUT2D eigenvalue weighted by Crippen LogP contribution is -2.56. The molecule has 3 saturated heterocycles. The van der Waals surface area contributed by atoms with E-state index >= 15 is 0 Å². The van der Waals surface area contributed by atoms with Gasteiger partial charge in [-0.3, -0.25) is 14.4 Å². The summed E-state index contributed by atoms with van der Waals surface area (Å²) >= 11 is 0. The number of methoxy groups -OCH3 is 1. The molecule has 0 aromatic rings. The van der Waals surface area contributed by atoms with Crippen LogP contribution < -0.4 is 16.4 Å². The number of carbonyl (C=O) groups excluding carboxylic acids is 4. The Morgan fingerprint density at radius 3 is 2.58 bits per heavy atom. The van der Waals surface area contributed by atoms with Gasteiger partial charge in [-0.25, -0.2) is 4.79 Å². The molecule has 3 heterocycles. The van der Waals surface area contributed by atoms with Crippen LogP contribution in [-0.2, 0) is 23.9 Å². The molecule has 0 aromatic carbocycles. The van der Waals surface area contributed by atoms with Crippen LogP contribution in [0, 0.1) is 29.1 Å². The van der Waals surface area contributed by atoms with Gasteiger partial charge in [-0.2, -0.15) is 0 Å². The van der Waals surface area contributed by atoms with Crippen molar-refractivity contribution in [3.63, 3.8) is 0 Å². The van der Waals surface area contributed by atoms with Crippen LogP contribution in [0.15, 0.2) is 0 Å². The normalized spacial score (nSPS) is 40.1. The minimum Gasteiger partial charge on any atom is -0.467 e. The van der Waals surface area contributed by atoms with Gasteiger partial charge < -0.3 is 26.0 Å². The fourth-order valence-corrected chi connectivity index (χ4v) is 6.11. The molecule has 4 rings (SSSR count). The molecule has 0 bridgehead atoms. The first-order valence-corrected chi connectivity index (χ1v) is 11.4. The first kappa shape index (κ1) is 22.0. The van der Waals surface area contributed by atoms with Gasteiger partial charge in [-0.15, -0.1) is 0 Å². The SMILES string of the molecule is COC(=O)[C@@H]1C[C@@H]2C(=O)NC[C@@H]2CCCC[C@H](N)C(=O)N2C[C@H]3[C@@H]([C@H]2C(=O)N1)C3(C)C. The zero-order valence-electron chi connectivity index (χ0n) is 18.6. The van der Waals surface area contributed by atoms with E-state index in [-0.39, 0.29) is 53.2 Å². The number of nitrogens with one attached hydrogen (secondary N) is 2. The van der Waals surface area contributed by atoms with Gasteiger partial charge in [0.05, 0.1) is 13.2 Å². The summed E-state index contributed by atoms with van der Waals surface area (Å²) in [4.78, 5) is 53.1. The van der Waals surface area contributed by atoms with Gasteiger partial charge in [0.25, 0.3) is 0 Å². The average Bonchev–Trinajstić information content (AvgIpc) is 3.07. The van der Waals surface area contributed by atoms with E-state index in [4.69, 9.17) is 10.5 Å². The maximum Gasteiger partial charge on any atom is 0.328 e. The number of nitrogens with two attached hydrogens (primary N) is 1. The molecule has 31 heavy (non-hydrogen) atoms. The Labute approximate surface area is 182 Å². The second-order valence-corrected chi connectivity index (χ2v) is 10.2. The summed E-state index contributed by atoms with van der Waals surface area (Å²) < 4.78 is 4.93. The molecule has 4 aliphatic rings. The van der Waals surface area contributed by atoms with Crippen molar-refractivity contribution in [2.45, 2.75) is 64.1 Å². The van der Waals surface area contributed by atoms with Gasteiger partial charge >= 0.3 is 5.97 Å². The van der Waals surface area contributed by atoms with Crippen LogP contribution in [0.1, 0.15) is 46.0 Å². The smallest absolute Gasteiger partial charge is 0.328 e. The van der Waals surface area contributed by atoms with E-state index in [9.17, 15) is 19.2 Å². The van der Waals surface area contributed by atoms with E-state index in [2.05, 4.69) is 24.5 Å². The summed E-state index contributed by atoms with van der Waals surface area (Å²) in [7, 11) is 1.27. The van der Waals surface area contributed by atoms with Crippen LogP contribution in [0.25, 0.3) is 0 Å². The molecule has 0 spiro atoms. The highest BCUT2D eigenvalue weighted by Crippen LogP contribution is 2.64. The van der Waals surface area contributed by atoms with Gasteiger partial charge in [0.15, 0.2) is 0 Å². The summed E-state index contributed by atoms with van der Waals surface area (Å²) in [5.74, 6) is -1.19. The molecule has 4 fully saturated rings. The van der Waals surface area contributed by atoms with E-state index in [1.165, 1.54) is 7.11 Å². The van der Waals surface area contributed by atoms with Crippen LogP contribution >= 0.6 is 0 Å². The van der Waals surface area contributed by atoms with Crippen molar-refractivity contribution in [1.29, 1.82) is 0 Å². The lowest BCUT2D eigenvalue weighted by atomic mass is 9.85. The van der Waals surface area contributed by atoms with E-state index in [1.807, 2.05) is 0 Å². The molecule has 1 aliphatic carbocycles. The molecule has 172 valence electrons. The minimum atomic E-state index is -0.927. The Balaban J connectivity index is 1.62. The van der Waals surface area contributed by atoms with Crippen LogP contribution in [0.3, 0.4) is 0 Å². The summed E-state index contributed by atoms with van der Waals surface area (Å²) in [6.45, 7) is 5.28. The van der Waals surface area contributed by atoms with Crippen LogP contribution in [0.4, 0.5) is 0 Å². The third-order valence-electron chi connectivity index (χ3n) is 8.15. The Bertz CT molecular complexity index is 784. The number of carbonyl (C=O) groups is 4. The van der Waals surface area contributed by atoms with Crippen LogP contribution in [0.2, 0.25) is 0 Å². The summed E-state index contributed by atoms with van der Waals surface area (Å²) in [5.41, 5.74) is 6.18. The van der Waals surface area contributed by atoms with Crippen molar-refractivity contribution in [2.24, 2.45) is 34.8 Å². The zero-order valence-corrected chi connectivity index (χ0v) is 18.6. The predicted molar refractivity (Wildman–Crippen MR) is 111 cm³/mol. The van der Waals surface area contributed by atoms with Gasteiger partial charge in [-0.05, 0) is 42.4 Å². The average molecular weight is 435 g/mol. The van der Waals surface area contributed by atoms with Crippen LogP contribution in [0.5, 0.6) is 0 Å². The lowest BCUT2D eigenvalue weighted by Gasteiger charge is -2.33. The highest BCUT2D eigenvalue weighted by molar-refractivity contribution is 5.94. The van der Waals surface area contributed by atoms with Gasteiger partial charge in [-0.1, -0.05) is 26.7 Å². The van der Waals surface area contributed by atoms with Crippen molar-refractivity contribution >= 4 is 23.7 Å². The number of esters is 1. The van der Waals surface area contributed by atoms with Crippen molar-refractivity contribution in [3.05, 3.63) is 0 Å². The van der Waals surface area contributed by atoms with Gasteiger partial charge in [0.1, 0.15) is 12.1 Å². The Morgan fingerprint density at radius 2 is 1.87 bits per heavy atom. The minimum absolute atomic E-state index is 0.0362. The maximum absolute atomic E-state index is 13.4. The van der Waals surface area contributed by atoms with Crippen molar-refractivity contribution in [2.75, 3.05) is 20.2 Å². The number of hydrogen-bond acceptors (Lipinski definition) is 6. The Kier molecular flexibility index (Phi) is 5.74. The first-order valence-electron chi connectivity index (χ1n) is 11.4. The highest BCUT2D eigenvalue weighted by Gasteiger charge is 2.69. The molecule has 4 N–H and O–H groups in total. The Hall–Kier alpha value is -2.16. The number of nitrogens with zero attached hydrogens (tertiary/aromatic N) is 1. The van der Waals surface area contributed by atoms with E-state index in [1.54, 1.807) is 4.90 Å². The standard InChI is InChI=1S/C22H34N4O5/c1-22(2)13-10-26-17(16(13)22)19(28)25-15(21(30)31-3)8-12-11(9-24-18(12)27)6-4-5-7-14(23)20(26)29/h11-17H,4-10,23H2,1-3H3,(H,24,27)(H,25,28)/t11-,12-,13-,14-,15-,16-,17-/m0/s1. The molecule has 0 aromatic heterocycles. The molecule has 9 heteroatoms. The molecular formula is C22H34N4O5. The fraction of sp³-hybridized carbons (Fsp3) is 0.818. The molecule has 3 amide bonds. The third kappa shape index (κ3) is 3.81. The number of piperidine rings is 1. The molecular weight excluding hydrogens is 400 g/mol. The number of fused-ring (bicyclic) bond motifs is 4. The van der Waals surface area contributed by atoms with Crippen molar-refractivity contribution in [3.8, 4) is 0 Å². The fourth-order valence-electron chi connectivity index (χ4n) is 6.11. The van der Waals surface area contributed by atoms with Gasteiger partial charge in [0, 0.05) is 19.0 Å². The number of hydrogen-bond donors (Lipinski definition) is 3. The number of amides is 3. The third-order valence-corrected chi connectivity index (χ3v) is 8.15. The topological polar surface area (TPSA) is 131 Å². The number of ether oxygens (including phenoxy) is 1. The molecule has 3 aliphatic heterocycles. The molecule has 0 unspecified atom stereocenters. The first-order chi connectivity index (χ1) is 14.7. The molecule has 9 nitrogen and oxygen atoms in total. The summed E-state index contributed by atoms with van der Waals surface area (Å²) in [6, 6.07) is -2.22. The van der Waals surface area contributed by atoms with Gasteiger partial charge in [0.2, 0.25) is 17.7 Å². The van der Waals surface area contributed by atoms with E-state index in [0.29, 0.717) is 19.5 Å². The molecule has 0 radical (unpaired) electrons. The zero-order chi connectivity index (χ0) is 22.5. The lowest BCUT2D eigenvalue weighted by molar-refractivity contribution is -0.148. The van der Waals surface area contributed by atoms with E-state index < -0.39 is 24.1 Å². The quantitative estimate of drug-likeness (QED) is 0.489. The largest absolute Gasteiger partial charge is 0.467 e. The summed E-state index contributed by atoms with van der Waals surface area (Å²) in [6.07, 6.45) is 3.21. The monoisotopic (exact) mass is 434 g/mol. The van der Waals surface area contributed by atoms with Crippen LogP contribution in [-0.4, -0.2) is 66.9 Å². The summed E-state index contributed by atoms with van der Waals surface area (Å²) in [5, 5.41) is 5.72. The highest BCUT2D eigenvalue weighted by atomic mass is 16.5. The maximum atomic E-state index is 13.4. The second-order valence-electron chi connectivity index (χ2n) is 10.2. The van der Waals surface area contributed by atoms with E-state index in [0.717, 1.165) is 19.3 Å². The second kappa shape index (κ2) is 8.07. The predicted octanol–water partition coefficient (Wildman–Crippen LogP) is -0.219. The van der Waals surface area contributed by atoms with Crippen molar-refractivity contribution < 1.29 is 23.9 Å². The molecule has 7 atom stereocenters. The Morgan fingerprint density at radius 1 is 1.16 bits per heavy atom. The molecule has 1 saturated carbocycles.